The van der Waals surface area contributed by atoms with E-state index >= 15 is 0 Å². The molecule has 0 spiro atoms. The van der Waals surface area contributed by atoms with Crippen molar-refractivity contribution in [2.45, 2.75) is 0 Å². The highest BCUT2D eigenvalue weighted by Gasteiger charge is 2.23. The number of nitrogens with two attached hydrogens (primary N) is 1. The lowest BCUT2D eigenvalue weighted by atomic mass is 10.3. The highest BCUT2D eigenvalue weighted by molar-refractivity contribution is 8.17. The maximum absolute atomic E-state index is 11.3. The average molecular weight is 262 g/mol. The lowest BCUT2D eigenvalue weighted by molar-refractivity contribution is -0.115. The van der Waals surface area contributed by atoms with Crippen molar-refractivity contribution in [2.24, 2.45) is 15.8 Å². The smallest absolute Gasteiger partial charge is 0.271 e. The largest absolute Gasteiger partial charge is 0.364 e. The molecule has 3 N–H and O–H groups in total. The number of carbonyl (C=O) groups excluding carboxylic acids is 2. The summed E-state index contributed by atoms with van der Waals surface area (Å²) in [5.74, 6) is -0.796. The fraction of sp³-hybridized carbons (Fsp3) is 0.0909. The monoisotopic (exact) mass is 262 g/mol. The van der Waals surface area contributed by atoms with E-state index in [2.05, 4.69) is 15.5 Å². The van der Waals surface area contributed by atoms with E-state index in [-0.39, 0.29) is 22.4 Å². The first-order chi connectivity index (χ1) is 8.66. The molecule has 2 rings (SSSR count). The van der Waals surface area contributed by atoms with E-state index in [1.807, 2.05) is 18.2 Å². The second-order valence-electron chi connectivity index (χ2n) is 3.40. The number of carbonyl (C=O) groups is 2. The van der Waals surface area contributed by atoms with Gasteiger partial charge in [-0.2, -0.15) is 5.10 Å². The number of nitrogens with one attached hydrogen (secondary N) is 1. The third-order valence-corrected chi connectivity index (χ3v) is 3.01. The van der Waals surface area contributed by atoms with Crippen LogP contribution < -0.4 is 11.2 Å². The number of benzene rings is 1. The number of primary amides is 1. The maximum Gasteiger partial charge on any atom is 0.271 e. The van der Waals surface area contributed by atoms with Crippen LogP contribution in [0.5, 0.6) is 0 Å². The van der Waals surface area contributed by atoms with Crippen LogP contribution in [-0.4, -0.2) is 28.3 Å². The van der Waals surface area contributed by atoms with Crippen molar-refractivity contribution in [1.29, 1.82) is 0 Å². The van der Waals surface area contributed by atoms with Gasteiger partial charge in [-0.25, -0.2) is 4.99 Å². The highest BCUT2D eigenvalue weighted by Crippen LogP contribution is 2.15. The molecule has 0 saturated heterocycles. The van der Waals surface area contributed by atoms with Crippen molar-refractivity contribution in [1.82, 2.24) is 0 Å². The fourth-order valence-electron chi connectivity index (χ4n) is 1.27. The Morgan fingerprint density at radius 1 is 1.39 bits per heavy atom. The Kier molecular flexibility index (Phi) is 3.73. The molecule has 0 saturated carbocycles. The average Bonchev–Trinajstić information content (AvgIpc) is 2.77. The summed E-state index contributed by atoms with van der Waals surface area (Å²) in [5, 5.41) is 4.16. The zero-order valence-corrected chi connectivity index (χ0v) is 10.1. The van der Waals surface area contributed by atoms with Gasteiger partial charge in [0, 0.05) is 0 Å². The summed E-state index contributed by atoms with van der Waals surface area (Å²) in [4.78, 5) is 26.0. The minimum absolute atomic E-state index is 0.0327. The van der Waals surface area contributed by atoms with Gasteiger partial charge in [0.2, 0.25) is 0 Å². The number of thioether (sulfide) groups is 1. The number of aliphatic imine (C=N–C) groups is 1. The van der Waals surface area contributed by atoms with E-state index in [1.54, 1.807) is 12.1 Å². The molecule has 0 atom stereocenters. The molecular formula is C11H10N4O2S. The standard InChI is InChI=1S/C11H10N4O2S/c12-10(17)9(11-13-8(16)6-18-11)15-14-7-4-2-1-3-5-7/h1-5,14H,6H2,(H2,12,17)/b15-9+. The summed E-state index contributed by atoms with van der Waals surface area (Å²) >= 11 is 1.15. The second-order valence-corrected chi connectivity index (χ2v) is 4.37. The number of anilines is 1. The van der Waals surface area contributed by atoms with Crippen molar-refractivity contribution < 1.29 is 9.59 Å². The van der Waals surface area contributed by atoms with E-state index in [0.29, 0.717) is 5.69 Å². The van der Waals surface area contributed by atoms with Crippen molar-refractivity contribution in [3.05, 3.63) is 30.3 Å². The Bertz CT molecular complexity index is 539. The van der Waals surface area contributed by atoms with Gasteiger partial charge in [0.25, 0.3) is 11.8 Å². The normalized spacial score (nSPS) is 15.4. The zero-order valence-electron chi connectivity index (χ0n) is 9.29. The first-order valence-electron chi connectivity index (χ1n) is 5.10. The van der Waals surface area contributed by atoms with Gasteiger partial charge < -0.3 is 5.73 Å². The van der Waals surface area contributed by atoms with E-state index in [9.17, 15) is 9.59 Å². The Morgan fingerprint density at radius 2 is 2.11 bits per heavy atom. The number of para-hydroxylation sites is 1. The Labute approximate surface area is 107 Å². The maximum atomic E-state index is 11.3. The summed E-state index contributed by atoms with van der Waals surface area (Å²) in [6.07, 6.45) is 0. The van der Waals surface area contributed by atoms with Crippen LogP contribution in [0.1, 0.15) is 0 Å². The minimum Gasteiger partial charge on any atom is -0.364 e. The van der Waals surface area contributed by atoms with Crippen molar-refractivity contribution in [2.75, 3.05) is 11.2 Å². The molecule has 0 fully saturated rings. The quantitative estimate of drug-likeness (QED) is 0.613. The van der Waals surface area contributed by atoms with Crippen LogP contribution in [0.25, 0.3) is 0 Å². The summed E-state index contributed by atoms with van der Waals surface area (Å²) in [6.45, 7) is 0. The Morgan fingerprint density at radius 3 is 2.67 bits per heavy atom. The molecule has 0 aliphatic carbocycles. The van der Waals surface area contributed by atoms with Crippen LogP contribution in [0.2, 0.25) is 0 Å². The molecule has 18 heavy (non-hydrogen) atoms. The number of hydrazone groups is 1. The lowest BCUT2D eigenvalue weighted by Gasteiger charge is -2.03. The van der Waals surface area contributed by atoms with E-state index in [0.717, 1.165) is 11.8 Å². The summed E-state index contributed by atoms with van der Waals surface area (Å²) < 4.78 is 0. The van der Waals surface area contributed by atoms with E-state index < -0.39 is 5.91 Å². The molecule has 7 heteroatoms. The third-order valence-electron chi connectivity index (χ3n) is 2.07. The molecule has 0 radical (unpaired) electrons. The summed E-state index contributed by atoms with van der Waals surface area (Å²) in [6, 6.07) is 9.09. The van der Waals surface area contributed by atoms with Crippen molar-refractivity contribution in [3.63, 3.8) is 0 Å². The molecule has 1 heterocycles. The van der Waals surface area contributed by atoms with Crippen molar-refractivity contribution in [3.8, 4) is 0 Å². The molecule has 1 aromatic rings. The Hall–Kier alpha value is -2.15. The molecule has 0 aromatic heterocycles. The molecule has 2 amide bonds. The van der Waals surface area contributed by atoms with Crippen LogP contribution >= 0.6 is 11.8 Å². The zero-order chi connectivity index (χ0) is 13.0. The SMILES string of the molecule is NC(=O)/C(=N\Nc1ccccc1)C1=NC(=O)CS1. The van der Waals surface area contributed by atoms with Crippen LogP contribution in [0, 0.1) is 0 Å². The molecular weight excluding hydrogens is 252 g/mol. The van der Waals surface area contributed by atoms with E-state index in [4.69, 9.17) is 5.73 Å². The number of amides is 2. The molecule has 1 aromatic carbocycles. The predicted octanol–water partition coefficient (Wildman–Crippen LogP) is 0.612. The molecule has 0 unspecified atom stereocenters. The number of hydrogen-bond acceptors (Lipinski definition) is 5. The van der Waals surface area contributed by atoms with Crippen LogP contribution in [0.15, 0.2) is 40.4 Å². The topological polar surface area (TPSA) is 96.9 Å². The van der Waals surface area contributed by atoms with Crippen LogP contribution in [0.3, 0.4) is 0 Å². The van der Waals surface area contributed by atoms with Gasteiger partial charge in [-0.15, -0.1) is 0 Å². The Balaban J connectivity index is 2.18. The van der Waals surface area contributed by atoms with Crippen LogP contribution in [0.4, 0.5) is 5.69 Å². The molecule has 0 bridgehead atoms. The van der Waals surface area contributed by atoms with Crippen LogP contribution in [-0.2, 0) is 9.59 Å². The number of nitrogens with zero attached hydrogens (tertiary/aromatic N) is 2. The minimum atomic E-state index is -0.723. The first-order valence-corrected chi connectivity index (χ1v) is 6.08. The van der Waals surface area contributed by atoms with Gasteiger partial charge in [-0.1, -0.05) is 30.0 Å². The molecule has 6 nitrogen and oxygen atoms in total. The first kappa shape index (κ1) is 12.3. The second kappa shape index (κ2) is 5.46. The van der Waals surface area contributed by atoms with Gasteiger partial charge in [0.15, 0.2) is 5.71 Å². The van der Waals surface area contributed by atoms with E-state index in [1.165, 1.54) is 0 Å². The lowest BCUT2D eigenvalue weighted by Crippen LogP contribution is -2.29. The van der Waals surface area contributed by atoms with Crippen molar-refractivity contribution >= 4 is 40.0 Å². The molecule has 1 aliphatic rings. The summed E-state index contributed by atoms with van der Waals surface area (Å²) in [7, 11) is 0. The van der Waals surface area contributed by atoms with Gasteiger partial charge in [-0.05, 0) is 12.1 Å². The van der Waals surface area contributed by atoms with Gasteiger partial charge in [-0.3, -0.25) is 15.0 Å². The van der Waals surface area contributed by atoms with Gasteiger partial charge in [0.05, 0.1) is 11.4 Å². The predicted molar refractivity (Wildman–Crippen MR) is 71.6 cm³/mol. The molecule has 92 valence electrons. The molecule has 1 aliphatic heterocycles. The number of hydrogen-bond donors (Lipinski definition) is 2. The van der Waals surface area contributed by atoms with Gasteiger partial charge in [0.1, 0.15) is 5.04 Å². The van der Waals surface area contributed by atoms with Gasteiger partial charge >= 0.3 is 0 Å². The highest BCUT2D eigenvalue weighted by atomic mass is 32.2. The number of rotatable bonds is 4. The fourth-order valence-corrected chi connectivity index (χ4v) is 2.04. The third kappa shape index (κ3) is 2.95. The summed E-state index contributed by atoms with van der Waals surface area (Å²) in [5.41, 5.74) is 8.59.